The predicted molar refractivity (Wildman–Crippen MR) is 96.4 cm³/mol. The minimum absolute atomic E-state index is 0.0706. The molecule has 3 aromatic rings. The molecule has 0 unspecified atom stereocenters. The summed E-state index contributed by atoms with van der Waals surface area (Å²) in [6.07, 6.45) is 0.969. The van der Waals surface area contributed by atoms with Crippen LogP contribution in [-0.2, 0) is 6.42 Å². The highest BCUT2D eigenvalue weighted by Crippen LogP contribution is 2.38. The molecule has 0 spiro atoms. The standard InChI is InChI=1S/C19H17NO2S/c1-12-9-13-5-3-4-6-16(13)20(12)17-11-23-18-8-7-14(22-2)10-15(18)19(17)21/h3-8,10-12H,9H2,1-2H3/t12-/m1/s1. The normalized spacial score (nSPS) is 16.6. The molecule has 0 saturated carbocycles. The van der Waals surface area contributed by atoms with E-state index < -0.39 is 0 Å². The van der Waals surface area contributed by atoms with Crippen LogP contribution in [0.3, 0.4) is 0 Å². The molecular formula is C19H17NO2S. The molecule has 1 aliphatic rings. The van der Waals surface area contributed by atoms with Gasteiger partial charge >= 0.3 is 0 Å². The fourth-order valence-corrected chi connectivity index (χ4v) is 4.21. The molecular weight excluding hydrogens is 306 g/mol. The van der Waals surface area contributed by atoms with Crippen LogP contribution in [0.1, 0.15) is 12.5 Å². The number of benzene rings is 2. The van der Waals surface area contributed by atoms with Gasteiger partial charge in [0.25, 0.3) is 0 Å². The smallest absolute Gasteiger partial charge is 0.211 e. The largest absolute Gasteiger partial charge is 0.497 e. The average molecular weight is 323 g/mol. The quantitative estimate of drug-likeness (QED) is 0.702. The number of para-hydroxylation sites is 1. The maximum absolute atomic E-state index is 13.0. The van der Waals surface area contributed by atoms with Crippen molar-refractivity contribution in [2.24, 2.45) is 0 Å². The molecule has 1 atom stereocenters. The first-order valence-corrected chi connectivity index (χ1v) is 8.53. The van der Waals surface area contributed by atoms with E-state index >= 15 is 0 Å². The number of hydrogen-bond donors (Lipinski definition) is 0. The Bertz CT molecular complexity index is 947. The van der Waals surface area contributed by atoms with Crippen molar-refractivity contribution in [2.75, 3.05) is 12.0 Å². The first-order valence-electron chi connectivity index (χ1n) is 7.65. The van der Waals surface area contributed by atoms with Crippen LogP contribution in [0.5, 0.6) is 5.75 Å². The van der Waals surface area contributed by atoms with Crippen LogP contribution in [0.4, 0.5) is 11.4 Å². The molecule has 0 radical (unpaired) electrons. The Labute approximate surface area is 138 Å². The van der Waals surface area contributed by atoms with Crippen molar-refractivity contribution in [1.29, 1.82) is 0 Å². The molecule has 3 nitrogen and oxygen atoms in total. The fourth-order valence-electron chi connectivity index (χ4n) is 3.33. The summed E-state index contributed by atoms with van der Waals surface area (Å²) in [7, 11) is 1.62. The van der Waals surface area contributed by atoms with Gasteiger partial charge in [0.1, 0.15) is 11.4 Å². The summed E-state index contributed by atoms with van der Waals surface area (Å²) in [6.45, 7) is 2.17. The zero-order valence-corrected chi connectivity index (χ0v) is 13.9. The van der Waals surface area contributed by atoms with Gasteiger partial charge in [0.2, 0.25) is 5.43 Å². The monoisotopic (exact) mass is 323 g/mol. The zero-order valence-electron chi connectivity index (χ0n) is 13.1. The maximum Gasteiger partial charge on any atom is 0.211 e. The van der Waals surface area contributed by atoms with Crippen LogP contribution >= 0.6 is 11.3 Å². The molecule has 1 aromatic heterocycles. The molecule has 1 aliphatic heterocycles. The van der Waals surface area contributed by atoms with E-state index in [4.69, 9.17) is 4.74 Å². The first kappa shape index (κ1) is 14.3. The molecule has 0 N–H and O–H groups in total. The van der Waals surface area contributed by atoms with Crippen LogP contribution in [0.25, 0.3) is 10.1 Å². The topological polar surface area (TPSA) is 29.5 Å². The molecule has 0 bridgehead atoms. The average Bonchev–Trinajstić information content (AvgIpc) is 2.91. The van der Waals surface area contributed by atoms with E-state index in [0.29, 0.717) is 5.75 Å². The summed E-state index contributed by atoms with van der Waals surface area (Å²) in [6, 6.07) is 14.3. The Balaban J connectivity index is 1.93. The number of hydrogen-bond acceptors (Lipinski definition) is 4. The van der Waals surface area contributed by atoms with Crippen molar-refractivity contribution in [2.45, 2.75) is 19.4 Å². The predicted octanol–water partition coefficient (Wildman–Crippen LogP) is 4.35. The van der Waals surface area contributed by atoms with Crippen molar-refractivity contribution in [3.8, 4) is 5.75 Å². The third kappa shape index (κ3) is 2.21. The van der Waals surface area contributed by atoms with Crippen LogP contribution in [-0.4, -0.2) is 13.2 Å². The van der Waals surface area contributed by atoms with Crippen molar-refractivity contribution in [1.82, 2.24) is 0 Å². The molecule has 0 aliphatic carbocycles. The fraction of sp³-hybridized carbons (Fsp3) is 0.211. The lowest BCUT2D eigenvalue weighted by Crippen LogP contribution is -2.28. The highest BCUT2D eigenvalue weighted by Gasteiger charge is 2.28. The van der Waals surface area contributed by atoms with Gasteiger partial charge in [-0.25, -0.2) is 0 Å². The third-order valence-corrected chi connectivity index (χ3v) is 5.38. The van der Waals surface area contributed by atoms with Gasteiger partial charge in [0.05, 0.1) is 7.11 Å². The minimum Gasteiger partial charge on any atom is -0.497 e. The van der Waals surface area contributed by atoms with E-state index in [1.165, 1.54) is 5.56 Å². The molecule has 4 rings (SSSR count). The molecule has 0 saturated heterocycles. The van der Waals surface area contributed by atoms with Crippen molar-refractivity contribution in [3.63, 3.8) is 0 Å². The Morgan fingerprint density at radius 1 is 1.17 bits per heavy atom. The van der Waals surface area contributed by atoms with Gasteiger partial charge in [0, 0.05) is 27.2 Å². The number of rotatable bonds is 2. The van der Waals surface area contributed by atoms with Crippen LogP contribution in [0.15, 0.2) is 52.6 Å². The van der Waals surface area contributed by atoms with Crippen molar-refractivity contribution >= 4 is 32.8 Å². The Morgan fingerprint density at radius 3 is 2.83 bits per heavy atom. The second-order valence-electron chi connectivity index (χ2n) is 5.86. The molecule has 0 amide bonds. The minimum atomic E-state index is 0.0706. The molecule has 116 valence electrons. The molecule has 0 fully saturated rings. The van der Waals surface area contributed by atoms with E-state index in [1.807, 2.05) is 29.6 Å². The highest BCUT2D eigenvalue weighted by molar-refractivity contribution is 7.16. The SMILES string of the molecule is COc1ccc2scc(N3c4ccccc4C[C@H]3C)c(=O)c2c1. The van der Waals surface area contributed by atoms with E-state index in [9.17, 15) is 4.79 Å². The lowest BCUT2D eigenvalue weighted by molar-refractivity contribution is 0.415. The van der Waals surface area contributed by atoms with Gasteiger partial charge in [0.15, 0.2) is 0 Å². The number of fused-ring (bicyclic) bond motifs is 2. The van der Waals surface area contributed by atoms with E-state index in [2.05, 4.69) is 30.0 Å². The Kier molecular flexibility index (Phi) is 3.34. The number of anilines is 2. The van der Waals surface area contributed by atoms with Gasteiger partial charge in [-0.15, -0.1) is 11.3 Å². The maximum atomic E-state index is 13.0. The summed E-state index contributed by atoms with van der Waals surface area (Å²) in [4.78, 5) is 15.2. The van der Waals surface area contributed by atoms with E-state index in [0.717, 1.165) is 27.9 Å². The van der Waals surface area contributed by atoms with Crippen LogP contribution < -0.4 is 15.1 Å². The van der Waals surface area contributed by atoms with Gasteiger partial charge in [-0.2, -0.15) is 0 Å². The van der Waals surface area contributed by atoms with Crippen molar-refractivity contribution in [3.05, 3.63) is 63.6 Å². The van der Waals surface area contributed by atoms with Gasteiger partial charge < -0.3 is 9.64 Å². The number of nitrogens with zero attached hydrogens (tertiary/aromatic N) is 1. The lowest BCUT2D eigenvalue weighted by Gasteiger charge is -2.24. The summed E-state index contributed by atoms with van der Waals surface area (Å²) in [5, 5.41) is 2.71. The van der Waals surface area contributed by atoms with E-state index in [1.54, 1.807) is 18.4 Å². The second kappa shape index (κ2) is 5.39. The Morgan fingerprint density at radius 2 is 2.00 bits per heavy atom. The van der Waals surface area contributed by atoms with Gasteiger partial charge in [-0.05, 0) is 43.2 Å². The molecule has 2 aromatic carbocycles. The van der Waals surface area contributed by atoms with Gasteiger partial charge in [-0.3, -0.25) is 4.79 Å². The summed E-state index contributed by atoms with van der Waals surface area (Å²) >= 11 is 1.60. The van der Waals surface area contributed by atoms with Crippen LogP contribution in [0.2, 0.25) is 0 Å². The molecule has 23 heavy (non-hydrogen) atoms. The third-order valence-electron chi connectivity index (χ3n) is 4.43. The first-order chi connectivity index (χ1) is 11.2. The Hall–Kier alpha value is -2.33. The number of methoxy groups -OCH3 is 1. The highest BCUT2D eigenvalue weighted by atomic mass is 32.1. The van der Waals surface area contributed by atoms with Crippen LogP contribution in [0, 0.1) is 0 Å². The van der Waals surface area contributed by atoms with Gasteiger partial charge in [-0.1, -0.05) is 18.2 Å². The lowest BCUT2D eigenvalue weighted by atomic mass is 10.1. The second-order valence-corrected chi connectivity index (χ2v) is 6.78. The molecule has 2 heterocycles. The summed E-state index contributed by atoms with van der Waals surface area (Å²) in [5.41, 5.74) is 3.27. The zero-order chi connectivity index (χ0) is 16.0. The van der Waals surface area contributed by atoms with E-state index in [-0.39, 0.29) is 11.5 Å². The summed E-state index contributed by atoms with van der Waals surface area (Å²) < 4.78 is 6.26. The summed E-state index contributed by atoms with van der Waals surface area (Å²) in [5.74, 6) is 0.717. The number of ether oxygens (including phenoxy) is 1. The molecule has 4 heteroatoms. The van der Waals surface area contributed by atoms with Crippen molar-refractivity contribution < 1.29 is 4.74 Å².